The van der Waals surface area contributed by atoms with Crippen molar-refractivity contribution in [2.45, 2.75) is 0 Å². The van der Waals surface area contributed by atoms with Gasteiger partial charge >= 0.3 is 0 Å². The van der Waals surface area contributed by atoms with Crippen LogP contribution in [0, 0.1) is 0 Å². The topological polar surface area (TPSA) is 54.2 Å². The number of nitrogens with zero attached hydrogens (tertiary/aromatic N) is 3. The predicted molar refractivity (Wildman–Crippen MR) is 297 cm³/mol. The van der Waals surface area contributed by atoms with Crippen molar-refractivity contribution in [1.82, 2.24) is 13.7 Å². The lowest BCUT2D eigenvalue weighted by atomic mass is 9.99. The second-order valence-corrected chi connectivity index (χ2v) is 19.1. The third-order valence-corrected chi connectivity index (χ3v) is 15.4. The summed E-state index contributed by atoms with van der Waals surface area (Å²) in [6, 6.07) is 80.4. The van der Waals surface area contributed by atoms with Crippen molar-refractivity contribution in [2.75, 3.05) is 0 Å². The summed E-state index contributed by atoms with van der Waals surface area (Å²) in [5.41, 5.74) is 17.5. The average molecular weight is 920 g/mol. The van der Waals surface area contributed by atoms with Gasteiger partial charge in [-0.05, 0) is 114 Å². The van der Waals surface area contributed by atoms with Crippen LogP contribution >= 0.6 is 0 Å². The lowest BCUT2D eigenvalue weighted by molar-refractivity contribution is 0.666. The number of hydrogen-bond donors (Lipinski definition) is 0. The molecule has 0 unspecified atom stereocenters. The van der Waals surface area contributed by atoms with Crippen molar-refractivity contribution < 1.29 is 13.3 Å². The molecule has 0 fully saturated rings. The number of furan rings is 3. The Hall–Kier alpha value is -9.78. The zero-order valence-corrected chi connectivity index (χ0v) is 38.4. The summed E-state index contributed by atoms with van der Waals surface area (Å²) in [7, 11) is 0. The first-order valence-electron chi connectivity index (χ1n) is 24.5. The summed E-state index contributed by atoms with van der Waals surface area (Å²) in [6.07, 6.45) is 0. The second-order valence-electron chi connectivity index (χ2n) is 19.1. The molecule has 334 valence electrons. The summed E-state index contributed by atoms with van der Waals surface area (Å²) in [4.78, 5) is 0. The lowest BCUT2D eigenvalue weighted by Crippen LogP contribution is -1.98. The molecule has 72 heavy (non-hydrogen) atoms. The van der Waals surface area contributed by atoms with Gasteiger partial charge in [0.05, 0.1) is 38.8 Å². The lowest BCUT2D eigenvalue weighted by Gasteiger charge is -2.12. The van der Waals surface area contributed by atoms with Crippen LogP contribution in [0.2, 0.25) is 0 Å². The molecule has 11 aromatic carbocycles. The minimum absolute atomic E-state index is 0.844. The molecule has 6 nitrogen and oxygen atoms in total. The van der Waals surface area contributed by atoms with Crippen molar-refractivity contribution >= 4 is 131 Å². The van der Waals surface area contributed by atoms with E-state index < -0.39 is 0 Å². The maximum absolute atomic E-state index is 6.89. The molecule has 0 aliphatic carbocycles. The molecule has 0 bridgehead atoms. The first-order chi connectivity index (χ1) is 35.7. The fourth-order valence-corrected chi connectivity index (χ4v) is 12.4. The van der Waals surface area contributed by atoms with Gasteiger partial charge in [-0.25, -0.2) is 0 Å². The van der Waals surface area contributed by atoms with Gasteiger partial charge in [-0.3, -0.25) is 0 Å². The number of para-hydroxylation sites is 6. The number of aromatic nitrogens is 3. The summed E-state index contributed by atoms with van der Waals surface area (Å²) in [6.45, 7) is 0. The van der Waals surface area contributed by atoms with E-state index in [1.165, 1.54) is 43.4 Å². The van der Waals surface area contributed by atoms with E-state index in [9.17, 15) is 0 Å². The van der Waals surface area contributed by atoms with Gasteiger partial charge in [-0.2, -0.15) is 0 Å². The SMILES string of the molecule is c1cc(-n2c3ccccc3c3ccccc32)cc(-n2c3ccccc3c3c4c(ccc32)oc2ccc(-c3ccc5oc6c(-n7c8ccccc8c8c9c(ccc87)oc7ccccc79)cccc6c5c3)cc24)c1. The van der Waals surface area contributed by atoms with Gasteiger partial charge in [0.1, 0.15) is 27.9 Å². The van der Waals surface area contributed by atoms with Gasteiger partial charge < -0.3 is 27.0 Å². The molecule has 0 aliphatic heterocycles. The van der Waals surface area contributed by atoms with E-state index >= 15 is 0 Å². The molecule has 0 radical (unpaired) electrons. The molecule has 6 heteroatoms. The molecule has 0 spiro atoms. The fourth-order valence-electron chi connectivity index (χ4n) is 12.4. The minimum atomic E-state index is 0.844. The molecule has 6 aromatic heterocycles. The molecule has 0 saturated carbocycles. The highest BCUT2D eigenvalue weighted by Gasteiger charge is 2.23. The first kappa shape index (κ1) is 38.1. The summed E-state index contributed by atoms with van der Waals surface area (Å²) in [5, 5.41) is 13.8. The van der Waals surface area contributed by atoms with Crippen molar-refractivity contribution in [3.63, 3.8) is 0 Å². The van der Waals surface area contributed by atoms with Gasteiger partial charge in [0.15, 0.2) is 5.58 Å². The highest BCUT2D eigenvalue weighted by atomic mass is 16.3. The minimum Gasteiger partial charge on any atom is -0.456 e. The smallest absolute Gasteiger partial charge is 0.159 e. The monoisotopic (exact) mass is 919 g/mol. The van der Waals surface area contributed by atoms with Gasteiger partial charge in [-0.1, -0.05) is 121 Å². The van der Waals surface area contributed by atoms with Crippen molar-refractivity contribution in [1.29, 1.82) is 0 Å². The normalized spacial score (nSPS) is 12.4. The Bertz CT molecular complexity index is 5130. The Balaban J connectivity index is 0.830. The number of benzene rings is 11. The summed E-state index contributed by atoms with van der Waals surface area (Å²) in [5.74, 6) is 0. The van der Waals surface area contributed by atoms with Crippen LogP contribution < -0.4 is 0 Å². The first-order valence-corrected chi connectivity index (χ1v) is 24.5. The van der Waals surface area contributed by atoms with Crippen LogP contribution in [0.15, 0.2) is 238 Å². The van der Waals surface area contributed by atoms with Gasteiger partial charge in [0.2, 0.25) is 0 Å². The Morgan fingerprint density at radius 3 is 1.33 bits per heavy atom. The molecule has 0 amide bonds. The molecular formula is C66H37N3O3. The third-order valence-electron chi connectivity index (χ3n) is 15.4. The van der Waals surface area contributed by atoms with E-state index in [0.717, 1.165) is 116 Å². The van der Waals surface area contributed by atoms with Crippen LogP contribution in [0.5, 0.6) is 0 Å². The molecule has 0 N–H and O–H groups in total. The van der Waals surface area contributed by atoms with E-state index in [4.69, 9.17) is 13.3 Å². The predicted octanol–water partition coefficient (Wildman–Crippen LogP) is 18.3. The highest BCUT2D eigenvalue weighted by molar-refractivity contribution is 6.29. The zero-order valence-electron chi connectivity index (χ0n) is 38.4. The molecule has 0 aliphatic rings. The van der Waals surface area contributed by atoms with Crippen LogP contribution in [0.4, 0.5) is 0 Å². The standard InChI is InChI=1S/C66H37N3O3/c1-6-21-50-42(15-1)43-16-2-7-22-51(43)67(50)40-13-11-14-41(37-40)68-52-23-8-3-17-45(52)62-54(68)29-33-61-65(62)49-36-39(28-32-59(49)71-61)38-27-31-58-48(35-38)44-20-12-25-56(66(44)72-58)69-53-24-9-4-18-46(53)63-55(69)30-34-60-64(63)47-19-5-10-26-57(47)70-60/h1-37H. The second kappa shape index (κ2) is 13.9. The van der Waals surface area contributed by atoms with Crippen LogP contribution in [0.1, 0.15) is 0 Å². The largest absolute Gasteiger partial charge is 0.456 e. The molecular weight excluding hydrogens is 883 g/mol. The summed E-state index contributed by atoms with van der Waals surface area (Å²) < 4.78 is 27.1. The Morgan fingerprint density at radius 2 is 0.681 bits per heavy atom. The van der Waals surface area contributed by atoms with Crippen molar-refractivity contribution in [3.8, 4) is 28.2 Å². The van der Waals surface area contributed by atoms with Crippen molar-refractivity contribution in [2.24, 2.45) is 0 Å². The zero-order chi connectivity index (χ0) is 46.8. The van der Waals surface area contributed by atoms with Crippen LogP contribution in [0.25, 0.3) is 159 Å². The van der Waals surface area contributed by atoms with E-state index in [1.54, 1.807) is 0 Å². The van der Waals surface area contributed by atoms with E-state index in [-0.39, 0.29) is 0 Å². The van der Waals surface area contributed by atoms with E-state index in [0.29, 0.717) is 0 Å². The number of fused-ring (bicyclic) bond motifs is 20. The Kier molecular flexibility index (Phi) is 7.38. The van der Waals surface area contributed by atoms with Crippen LogP contribution in [-0.2, 0) is 0 Å². The molecule has 0 atom stereocenters. The quantitative estimate of drug-likeness (QED) is 0.177. The Morgan fingerprint density at radius 1 is 0.236 bits per heavy atom. The third kappa shape index (κ3) is 5.01. The van der Waals surface area contributed by atoms with Gasteiger partial charge in [-0.15, -0.1) is 0 Å². The van der Waals surface area contributed by atoms with Gasteiger partial charge in [0, 0.05) is 76.0 Å². The molecule has 17 rings (SSSR count). The van der Waals surface area contributed by atoms with E-state index in [1.807, 2.05) is 12.1 Å². The maximum atomic E-state index is 6.89. The molecule has 17 aromatic rings. The highest BCUT2D eigenvalue weighted by Crippen LogP contribution is 2.46. The number of rotatable bonds is 4. The maximum Gasteiger partial charge on any atom is 0.159 e. The average Bonchev–Trinajstić information content (AvgIpc) is 4.29. The van der Waals surface area contributed by atoms with Crippen molar-refractivity contribution in [3.05, 3.63) is 224 Å². The fraction of sp³-hybridized carbons (Fsp3) is 0. The Labute approximate surface area is 408 Å². The molecule has 0 saturated heterocycles. The van der Waals surface area contributed by atoms with Crippen LogP contribution in [-0.4, -0.2) is 13.7 Å². The van der Waals surface area contributed by atoms with Crippen LogP contribution in [0.3, 0.4) is 0 Å². The van der Waals surface area contributed by atoms with Gasteiger partial charge in [0.25, 0.3) is 0 Å². The molecule has 6 heterocycles. The van der Waals surface area contributed by atoms with E-state index in [2.05, 4.69) is 226 Å². The number of hydrogen-bond acceptors (Lipinski definition) is 3. The summed E-state index contributed by atoms with van der Waals surface area (Å²) >= 11 is 0.